The Labute approximate surface area is 115 Å². The van der Waals surface area contributed by atoms with E-state index in [1.807, 2.05) is 12.1 Å². The Bertz CT molecular complexity index is 431. The highest BCUT2D eigenvalue weighted by Crippen LogP contribution is 2.41. The van der Waals surface area contributed by atoms with E-state index in [1.54, 1.807) is 0 Å². The second kappa shape index (κ2) is 5.26. The fraction of sp³-hybridized carbons (Fsp3) is 0.647. The van der Waals surface area contributed by atoms with Crippen LogP contribution in [0.1, 0.15) is 74.5 Å². The fourth-order valence-electron chi connectivity index (χ4n) is 3.47. The molecule has 3 rings (SSSR count). The van der Waals surface area contributed by atoms with E-state index in [1.165, 1.54) is 31.2 Å². The normalized spacial score (nSPS) is 24.7. The van der Waals surface area contributed by atoms with Crippen LogP contribution >= 0.6 is 0 Å². The third-order valence-corrected chi connectivity index (χ3v) is 5.03. The monoisotopic (exact) mass is 260 g/mol. The van der Waals surface area contributed by atoms with Crippen molar-refractivity contribution in [2.75, 3.05) is 0 Å². The molecular weight excluding hydrogens is 236 g/mol. The van der Waals surface area contributed by atoms with Gasteiger partial charge in [0.15, 0.2) is 0 Å². The molecule has 1 aromatic rings. The van der Waals surface area contributed by atoms with Crippen LogP contribution in [-0.2, 0) is 0 Å². The van der Waals surface area contributed by atoms with Crippen LogP contribution in [0.4, 0.5) is 0 Å². The number of rotatable bonds is 3. The summed E-state index contributed by atoms with van der Waals surface area (Å²) in [5.41, 5.74) is 1.33. The zero-order chi connectivity index (χ0) is 13.3. The van der Waals surface area contributed by atoms with E-state index in [0.717, 1.165) is 31.2 Å². The van der Waals surface area contributed by atoms with Crippen LogP contribution in [0.15, 0.2) is 24.3 Å². The average molecular weight is 260 g/mol. The summed E-state index contributed by atoms with van der Waals surface area (Å²) in [5, 5.41) is 21.2. The van der Waals surface area contributed by atoms with Crippen LogP contribution in [0.2, 0.25) is 0 Å². The van der Waals surface area contributed by atoms with E-state index in [2.05, 4.69) is 12.1 Å². The van der Waals surface area contributed by atoms with E-state index in [0.29, 0.717) is 5.92 Å². The van der Waals surface area contributed by atoms with Crippen molar-refractivity contribution in [1.82, 2.24) is 0 Å². The molecule has 19 heavy (non-hydrogen) atoms. The number of hydrogen-bond donors (Lipinski definition) is 2. The first-order chi connectivity index (χ1) is 9.19. The molecule has 0 heterocycles. The molecule has 2 N–H and O–H groups in total. The van der Waals surface area contributed by atoms with Gasteiger partial charge in [-0.15, -0.1) is 0 Å². The number of hydrogen-bond acceptors (Lipinski definition) is 2. The molecule has 104 valence electrons. The fourth-order valence-corrected chi connectivity index (χ4v) is 3.47. The van der Waals surface area contributed by atoms with E-state index in [-0.39, 0.29) is 0 Å². The Morgan fingerprint density at radius 2 is 1.79 bits per heavy atom. The third-order valence-electron chi connectivity index (χ3n) is 5.03. The molecule has 1 unspecified atom stereocenters. The maximum atomic E-state index is 10.6. The lowest BCUT2D eigenvalue weighted by Gasteiger charge is -2.37. The van der Waals surface area contributed by atoms with Crippen molar-refractivity contribution in [3.63, 3.8) is 0 Å². The number of aliphatic hydroxyl groups is 2. The topological polar surface area (TPSA) is 40.5 Å². The molecule has 2 aliphatic carbocycles. The van der Waals surface area contributed by atoms with Gasteiger partial charge in [0.2, 0.25) is 0 Å². The molecule has 1 atom stereocenters. The predicted molar refractivity (Wildman–Crippen MR) is 76.0 cm³/mol. The number of benzene rings is 1. The summed E-state index contributed by atoms with van der Waals surface area (Å²) in [4.78, 5) is 0. The third kappa shape index (κ3) is 2.56. The van der Waals surface area contributed by atoms with Crippen LogP contribution < -0.4 is 0 Å². The van der Waals surface area contributed by atoms with Crippen LogP contribution in [0.25, 0.3) is 0 Å². The first-order valence-electron chi connectivity index (χ1n) is 7.69. The minimum Gasteiger partial charge on any atom is -0.387 e. The van der Waals surface area contributed by atoms with Crippen LogP contribution in [0, 0.1) is 0 Å². The zero-order valence-electron chi connectivity index (χ0n) is 11.5. The lowest BCUT2D eigenvalue weighted by atomic mass is 9.76. The molecule has 2 nitrogen and oxygen atoms in total. The highest BCUT2D eigenvalue weighted by molar-refractivity contribution is 5.30. The van der Waals surface area contributed by atoms with Crippen molar-refractivity contribution in [3.8, 4) is 0 Å². The minimum atomic E-state index is -0.906. The molecular formula is C17H24O2. The number of aliphatic hydroxyl groups excluding tert-OH is 1. The standard InChI is InChI=1S/C17H24O2/c18-16(17(19)10-2-1-3-11-17)15-9-5-8-14(12-15)13-6-4-7-13/h5,8-9,12-13,16,18-19H,1-4,6-7,10-11H2. The van der Waals surface area contributed by atoms with Crippen LogP contribution in [0.3, 0.4) is 0 Å². The molecule has 0 amide bonds. The van der Waals surface area contributed by atoms with Gasteiger partial charge in [-0.2, -0.15) is 0 Å². The van der Waals surface area contributed by atoms with Gasteiger partial charge in [0.05, 0.1) is 5.60 Å². The molecule has 0 radical (unpaired) electrons. The lowest BCUT2D eigenvalue weighted by molar-refractivity contribution is -0.0992. The first kappa shape index (κ1) is 13.1. The van der Waals surface area contributed by atoms with E-state index < -0.39 is 11.7 Å². The second-order valence-electron chi connectivity index (χ2n) is 6.36. The lowest BCUT2D eigenvalue weighted by Crippen LogP contribution is -2.38. The molecule has 0 aromatic heterocycles. The van der Waals surface area contributed by atoms with Crippen molar-refractivity contribution in [2.24, 2.45) is 0 Å². The van der Waals surface area contributed by atoms with E-state index in [9.17, 15) is 10.2 Å². The van der Waals surface area contributed by atoms with Gasteiger partial charge >= 0.3 is 0 Å². The quantitative estimate of drug-likeness (QED) is 0.870. The first-order valence-corrected chi connectivity index (χ1v) is 7.69. The molecule has 2 fully saturated rings. The smallest absolute Gasteiger partial charge is 0.108 e. The molecule has 1 aromatic carbocycles. The summed E-state index contributed by atoms with van der Waals surface area (Å²) in [6.45, 7) is 0. The Hall–Kier alpha value is -0.860. The summed E-state index contributed by atoms with van der Waals surface area (Å²) < 4.78 is 0. The zero-order valence-corrected chi connectivity index (χ0v) is 11.5. The SMILES string of the molecule is OC(c1cccc(C2CCC2)c1)C1(O)CCCCC1. The Morgan fingerprint density at radius 3 is 2.42 bits per heavy atom. The van der Waals surface area contributed by atoms with Crippen LogP contribution in [-0.4, -0.2) is 15.8 Å². The second-order valence-corrected chi connectivity index (χ2v) is 6.36. The Kier molecular flexibility index (Phi) is 3.64. The molecule has 2 heteroatoms. The summed E-state index contributed by atoms with van der Waals surface area (Å²) >= 11 is 0. The van der Waals surface area contributed by atoms with E-state index >= 15 is 0 Å². The molecule has 2 aliphatic rings. The Balaban J connectivity index is 1.80. The molecule has 0 aliphatic heterocycles. The Morgan fingerprint density at radius 1 is 1.05 bits per heavy atom. The molecule has 0 spiro atoms. The highest BCUT2D eigenvalue weighted by Gasteiger charge is 2.37. The van der Waals surface area contributed by atoms with Gasteiger partial charge in [-0.25, -0.2) is 0 Å². The van der Waals surface area contributed by atoms with Gasteiger partial charge in [0, 0.05) is 0 Å². The highest BCUT2D eigenvalue weighted by atomic mass is 16.3. The maximum Gasteiger partial charge on any atom is 0.108 e. The van der Waals surface area contributed by atoms with Gasteiger partial charge in [-0.1, -0.05) is 49.9 Å². The van der Waals surface area contributed by atoms with Crippen molar-refractivity contribution in [2.45, 2.75) is 69.0 Å². The molecule has 0 bridgehead atoms. The minimum absolute atomic E-state index is 0.674. The van der Waals surface area contributed by atoms with Crippen LogP contribution in [0.5, 0.6) is 0 Å². The molecule has 0 saturated heterocycles. The largest absolute Gasteiger partial charge is 0.387 e. The predicted octanol–water partition coefficient (Wildman–Crippen LogP) is 3.68. The van der Waals surface area contributed by atoms with Gasteiger partial charge in [0.25, 0.3) is 0 Å². The van der Waals surface area contributed by atoms with Crippen molar-refractivity contribution in [1.29, 1.82) is 0 Å². The average Bonchev–Trinajstić information content (AvgIpc) is 2.37. The van der Waals surface area contributed by atoms with Gasteiger partial charge in [-0.3, -0.25) is 0 Å². The summed E-state index contributed by atoms with van der Waals surface area (Å²) in [6.07, 6.45) is 7.80. The van der Waals surface area contributed by atoms with Gasteiger partial charge < -0.3 is 10.2 Å². The maximum absolute atomic E-state index is 10.6. The van der Waals surface area contributed by atoms with Crippen molar-refractivity contribution < 1.29 is 10.2 Å². The van der Waals surface area contributed by atoms with Crippen molar-refractivity contribution >= 4 is 0 Å². The van der Waals surface area contributed by atoms with Crippen molar-refractivity contribution in [3.05, 3.63) is 35.4 Å². The van der Waals surface area contributed by atoms with E-state index in [4.69, 9.17) is 0 Å². The summed E-state index contributed by atoms with van der Waals surface area (Å²) in [7, 11) is 0. The van der Waals surface area contributed by atoms with Gasteiger partial charge in [-0.05, 0) is 42.7 Å². The summed E-state index contributed by atoms with van der Waals surface area (Å²) in [5.74, 6) is 0.674. The molecule has 2 saturated carbocycles. The summed E-state index contributed by atoms with van der Waals surface area (Å²) in [6, 6.07) is 8.25. The van der Waals surface area contributed by atoms with Gasteiger partial charge in [0.1, 0.15) is 6.10 Å².